The van der Waals surface area contributed by atoms with E-state index in [4.69, 9.17) is 19.6 Å². The van der Waals surface area contributed by atoms with Gasteiger partial charge in [0.1, 0.15) is 11.9 Å². The molecule has 2 aliphatic rings. The number of amides is 1. The summed E-state index contributed by atoms with van der Waals surface area (Å²) in [6.07, 6.45) is 0.507. The maximum absolute atomic E-state index is 12.9. The molecule has 10 nitrogen and oxygen atoms in total. The van der Waals surface area contributed by atoms with Crippen LogP contribution in [0, 0.1) is 12.3 Å². The number of aliphatic carboxylic acids is 1. The Balaban J connectivity index is 1.56. The van der Waals surface area contributed by atoms with Crippen molar-refractivity contribution in [1.29, 1.82) is 0 Å². The highest BCUT2D eigenvalue weighted by atomic mass is 16.6. The lowest BCUT2D eigenvalue weighted by Crippen LogP contribution is -2.40. The molecule has 10 heteroatoms. The lowest BCUT2D eigenvalue weighted by atomic mass is 9.82. The first-order valence-corrected chi connectivity index (χ1v) is 13.9. The fourth-order valence-electron chi connectivity index (χ4n) is 5.45. The van der Waals surface area contributed by atoms with Crippen molar-refractivity contribution in [2.75, 3.05) is 29.4 Å². The van der Waals surface area contributed by atoms with Crippen LogP contribution in [0.25, 0.3) is 5.65 Å². The fraction of sp³-hybridized carbons (Fsp3) is 0.533. The van der Waals surface area contributed by atoms with E-state index in [1.165, 1.54) is 4.90 Å². The van der Waals surface area contributed by atoms with Crippen LogP contribution >= 0.6 is 0 Å². The summed E-state index contributed by atoms with van der Waals surface area (Å²) in [5, 5.41) is 15.1. The third-order valence-electron chi connectivity index (χ3n) is 7.62. The number of carboxylic acid groups (broad SMARTS) is 1. The van der Waals surface area contributed by atoms with Gasteiger partial charge in [-0.15, -0.1) is 5.10 Å². The van der Waals surface area contributed by atoms with Crippen molar-refractivity contribution in [3.05, 3.63) is 53.2 Å². The van der Waals surface area contributed by atoms with Crippen LogP contribution in [-0.4, -0.2) is 63.1 Å². The third-order valence-corrected chi connectivity index (χ3v) is 7.62. The van der Waals surface area contributed by atoms with Crippen molar-refractivity contribution >= 4 is 29.3 Å². The van der Waals surface area contributed by atoms with Crippen molar-refractivity contribution in [3.63, 3.8) is 0 Å². The van der Waals surface area contributed by atoms with Crippen LogP contribution in [0.2, 0.25) is 0 Å². The number of hydrogen-bond donors (Lipinski definition) is 1. The summed E-state index contributed by atoms with van der Waals surface area (Å²) in [6, 6.07) is 11.7. The number of cyclic esters (lactones) is 1. The molecular formula is C30H39N5O5. The minimum absolute atomic E-state index is 0.189. The molecule has 1 amide bonds. The second-order valence-electron chi connectivity index (χ2n) is 12.6. The van der Waals surface area contributed by atoms with Gasteiger partial charge in [0.25, 0.3) is 0 Å². The van der Waals surface area contributed by atoms with Crippen LogP contribution in [0.3, 0.4) is 0 Å². The average Bonchev–Trinajstić information content (AvgIpc) is 3.44. The maximum atomic E-state index is 12.9. The van der Waals surface area contributed by atoms with Gasteiger partial charge in [0.15, 0.2) is 17.6 Å². The lowest BCUT2D eigenvalue weighted by molar-refractivity contribution is -0.160. The Morgan fingerprint density at radius 1 is 1.20 bits per heavy atom. The molecule has 1 N–H and O–H groups in total. The summed E-state index contributed by atoms with van der Waals surface area (Å²) < 4.78 is 13.4. The van der Waals surface area contributed by atoms with Gasteiger partial charge in [0.2, 0.25) is 0 Å². The van der Waals surface area contributed by atoms with E-state index in [0.29, 0.717) is 41.5 Å². The highest BCUT2D eigenvalue weighted by Gasteiger charge is 2.38. The smallest absolute Gasteiger partial charge is 0.416 e. The second kappa shape index (κ2) is 10.4. The predicted octanol–water partition coefficient (Wildman–Crippen LogP) is 5.17. The molecule has 0 aliphatic carbocycles. The number of anilines is 2. The summed E-state index contributed by atoms with van der Waals surface area (Å²) in [7, 11) is 0. The summed E-state index contributed by atoms with van der Waals surface area (Å²) in [5.74, 6) is -0.0156. The topological polar surface area (TPSA) is 110 Å². The Kier molecular flexibility index (Phi) is 7.24. The van der Waals surface area contributed by atoms with Crippen LogP contribution in [0.1, 0.15) is 70.4 Å². The van der Waals surface area contributed by atoms with Crippen LogP contribution in [-0.2, 0) is 20.7 Å². The second-order valence-corrected chi connectivity index (χ2v) is 12.6. The minimum atomic E-state index is -1.23. The van der Waals surface area contributed by atoms with Crippen molar-refractivity contribution in [2.24, 2.45) is 5.41 Å². The molecule has 2 saturated heterocycles. The van der Waals surface area contributed by atoms with Crippen molar-refractivity contribution in [2.45, 2.75) is 78.6 Å². The monoisotopic (exact) mass is 549 g/mol. The standard InChI is InChI=1S/C30H39N5O5/c1-19-24(25(27(36)37)40-29(2,3)4)26(33-14-12-30(5,6)13-15-33)35-22(31-19)17-23(32-35)34-18-21(39-28(34)38)16-20-10-8-7-9-11-20/h7-11,17,21,25H,12-16,18H2,1-6H3,(H,36,37)/t21?,25-/m0/s1. The number of rotatable bonds is 7. The molecule has 2 atom stereocenters. The van der Waals surface area contributed by atoms with Gasteiger partial charge in [0.05, 0.1) is 17.7 Å². The summed E-state index contributed by atoms with van der Waals surface area (Å²) in [5.41, 5.74) is 2.15. The SMILES string of the molecule is Cc1nc2cc(N3CC(Cc4ccccc4)OC3=O)nn2c(N2CCC(C)(C)CC2)c1[C@H](OC(C)(C)C)C(=O)O. The molecule has 1 aromatic carbocycles. The largest absolute Gasteiger partial charge is 0.479 e. The number of aryl methyl sites for hydroxylation is 1. The number of nitrogens with zero attached hydrogens (tertiary/aromatic N) is 5. The van der Waals surface area contributed by atoms with E-state index in [1.54, 1.807) is 17.5 Å². The van der Waals surface area contributed by atoms with Crippen molar-refractivity contribution in [1.82, 2.24) is 14.6 Å². The zero-order valence-electron chi connectivity index (χ0n) is 24.2. The van der Waals surface area contributed by atoms with Gasteiger partial charge in [-0.3, -0.25) is 4.90 Å². The summed E-state index contributed by atoms with van der Waals surface area (Å²) in [4.78, 5) is 34.0. The number of benzene rings is 1. The number of hydrogen-bond acceptors (Lipinski definition) is 7. The molecule has 2 aromatic heterocycles. The number of carbonyl (C=O) groups excluding carboxylic acids is 1. The van der Waals surface area contributed by atoms with Gasteiger partial charge in [-0.25, -0.2) is 14.6 Å². The van der Waals surface area contributed by atoms with Gasteiger partial charge >= 0.3 is 12.1 Å². The van der Waals surface area contributed by atoms with Gasteiger partial charge < -0.3 is 19.5 Å². The molecule has 3 aromatic rings. The first kappa shape index (κ1) is 27.9. The quantitative estimate of drug-likeness (QED) is 0.430. The molecule has 1 unspecified atom stereocenters. The lowest BCUT2D eigenvalue weighted by Gasteiger charge is -2.39. The van der Waals surface area contributed by atoms with Crippen LogP contribution < -0.4 is 9.80 Å². The predicted molar refractivity (Wildman–Crippen MR) is 152 cm³/mol. The molecule has 4 heterocycles. The Morgan fingerprint density at radius 2 is 1.88 bits per heavy atom. The number of piperidine rings is 1. The van der Waals surface area contributed by atoms with Gasteiger partial charge in [-0.2, -0.15) is 4.52 Å². The zero-order chi connectivity index (χ0) is 28.8. The average molecular weight is 550 g/mol. The number of carbonyl (C=O) groups is 2. The van der Waals surface area contributed by atoms with Crippen LogP contribution in [0.15, 0.2) is 36.4 Å². The fourth-order valence-corrected chi connectivity index (χ4v) is 5.45. The summed E-state index contributed by atoms with van der Waals surface area (Å²) >= 11 is 0. The third kappa shape index (κ3) is 5.77. The Labute approximate surface area is 234 Å². The number of fused-ring (bicyclic) bond motifs is 1. The first-order chi connectivity index (χ1) is 18.8. The van der Waals surface area contributed by atoms with E-state index in [2.05, 4.69) is 18.7 Å². The number of ether oxygens (including phenoxy) is 2. The highest BCUT2D eigenvalue weighted by molar-refractivity contribution is 5.89. The Morgan fingerprint density at radius 3 is 2.50 bits per heavy atom. The van der Waals surface area contributed by atoms with E-state index in [9.17, 15) is 14.7 Å². The Hall–Kier alpha value is -3.66. The van der Waals surface area contributed by atoms with Gasteiger partial charge in [-0.1, -0.05) is 44.2 Å². The highest BCUT2D eigenvalue weighted by Crippen LogP contribution is 2.39. The molecule has 0 radical (unpaired) electrons. The Bertz CT molecular complexity index is 1400. The van der Waals surface area contributed by atoms with Crippen LogP contribution in [0.5, 0.6) is 0 Å². The molecule has 2 fully saturated rings. The normalized spacial score (nSPS) is 20.1. The molecule has 40 heavy (non-hydrogen) atoms. The van der Waals surface area contributed by atoms with Crippen molar-refractivity contribution in [3.8, 4) is 0 Å². The molecule has 0 saturated carbocycles. The van der Waals surface area contributed by atoms with Gasteiger partial charge in [-0.05, 0) is 51.5 Å². The van der Waals surface area contributed by atoms with E-state index < -0.39 is 23.8 Å². The van der Waals surface area contributed by atoms with E-state index in [1.807, 2.05) is 51.1 Å². The number of carboxylic acids is 1. The summed E-state index contributed by atoms with van der Waals surface area (Å²) in [6.45, 7) is 13.7. The zero-order valence-corrected chi connectivity index (χ0v) is 24.2. The first-order valence-electron chi connectivity index (χ1n) is 13.9. The van der Waals surface area contributed by atoms with Crippen molar-refractivity contribution < 1.29 is 24.2 Å². The van der Waals surface area contributed by atoms with Gasteiger partial charge in [0, 0.05) is 31.3 Å². The van der Waals surface area contributed by atoms with E-state index >= 15 is 0 Å². The molecule has 0 spiro atoms. The maximum Gasteiger partial charge on any atom is 0.416 e. The number of aromatic nitrogens is 3. The van der Waals surface area contributed by atoms with E-state index in [0.717, 1.165) is 31.5 Å². The molecule has 0 bridgehead atoms. The van der Waals surface area contributed by atoms with E-state index in [-0.39, 0.29) is 11.5 Å². The molecule has 2 aliphatic heterocycles. The molecule has 214 valence electrons. The molecular weight excluding hydrogens is 510 g/mol. The molecule has 5 rings (SSSR count). The van der Waals surface area contributed by atoms with Crippen LogP contribution in [0.4, 0.5) is 16.4 Å². The minimum Gasteiger partial charge on any atom is -0.479 e.